The van der Waals surface area contributed by atoms with Crippen LogP contribution in [0.25, 0.3) is 0 Å². The Bertz CT molecular complexity index is 314. The molecule has 0 heterocycles. The molecule has 0 radical (unpaired) electrons. The molecule has 1 rings (SSSR count). The van der Waals surface area contributed by atoms with Crippen molar-refractivity contribution in [3.8, 4) is 5.75 Å². The lowest BCUT2D eigenvalue weighted by molar-refractivity contribution is 0.477. The summed E-state index contributed by atoms with van der Waals surface area (Å²) < 4.78 is 20.5. The maximum atomic E-state index is 10.3. The molecular weight excluding hydrogens is 178 g/mol. The lowest BCUT2D eigenvalue weighted by Gasteiger charge is -2.06. The highest BCUT2D eigenvalue weighted by Crippen LogP contribution is 2.20. The number of aromatic hydroxyl groups is 1. The van der Waals surface area contributed by atoms with Gasteiger partial charge in [-0.1, -0.05) is 17.1 Å². The predicted molar refractivity (Wildman–Crippen MR) is 45.1 cm³/mol. The molecule has 12 heavy (non-hydrogen) atoms. The molecule has 3 N–H and O–H groups in total. The molecule has 0 spiro atoms. The van der Waals surface area contributed by atoms with Gasteiger partial charge >= 0.3 is 0 Å². The van der Waals surface area contributed by atoms with Gasteiger partial charge in [-0.2, -0.15) is 0 Å². The number of benzene rings is 1. The first-order valence-corrected chi connectivity index (χ1v) is 4.47. The summed E-state index contributed by atoms with van der Waals surface area (Å²) in [5, 5.41) is 9.00. The first-order chi connectivity index (χ1) is 5.59. The van der Waals surface area contributed by atoms with Gasteiger partial charge in [-0.15, -0.1) is 0 Å². The molecule has 4 nitrogen and oxygen atoms in total. The number of rotatable bonds is 2. The first kappa shape index (κ1) is 9.02. The second-order valence-electron chi connectivity index (χ2n) is 2.34. The molecule has 0 fully saturated rings. The number of hydrogen-bond donors (Lipinski definition) is 2. The van der Waals surface area contributed by atoms with E-state index in [-0.39, 0.29) is 17.2 Å². The van der Waals surface area contributed by atoms with E-state index in [1.54, 1.807) is 0 Å². The van der Waals surface area contributed by atoms with Gasteiger partial charge < -0.3 is 15.4 Å². The van der Waals surface area contributed by atoms with Crippen LogP contribution in [0.1, 0.15) is 5.56 Å². The summed E-state index contributed by atoms with van der Waals surface area (Å²) >= 11 is -2.12. The molecule has 5 heteroatoms. The summed E-state index contributed by atoms with van der Waals surface area (Å²) in [5.41, 5.74) is 6.11. The van der Waals surface area contributed by atoms with Crippen LogP contribution in [0.2, 0.25) is 0 Å². The van der Waals surface area contributed by atoms with Gasteiger partial charge in [-0.25, -0.2) is 0 Å². The number of phenols is 1. The van der Waals surface area contributed by atoms with Crippen molar-refractivity contribution in [2.75, 3.05) is 5.73 Å². The van der Waals surface area contributed by atoms with Crippen molar-refractivity contribution in [1.82, 2.24) is 0 Å². The molecular formula is C7H8NO3S-. The van der Waals surface area contributed by atoms with Gasteiger partial charge in [0.05, 0.1) is 5.69 Å². The highest BCUT2D eigenvalue weighted by molar-refractivity contribution is 7.78. The minimum Gasteiger partial charge on any atom is -0.772 e. The van der Waals surface area contributed by atoms with Crippen molar-refractivity contribution in [3.63, 3.8) is 0 Å². The Morgan fingerprint density at radius 3 is 2.75 bits per heavy atom. The molecule has 0 amide bonds. The third kappa shape index (κ3) is 2.21. The van der Waals surface area contributed by atoms with Crippen LogP contribution in [0.3, 0.4) is 0 Å². The molecule has 0 bridgehead atoms. The van der Waals surface area contributed by atoms with Crippen molar-refractivity contribution >= 4 is 16.8 Å². The minimum atomic E-state index is -2.12. The maximum absolute atomic E-state index is 10.3. The van der Waals surface area contributed by atoms with Crippen molar-refractivity contribution in [2.45, 2.75) is 5.75 Å². The van der Waals surface area contributed by atoms with E-state index in [4.69, 9.17) is 10.8 Å². The van der Waals surface area contributed by atoms with Crippen LogP contribution >= 0.6 is 0 Å². The van der Waals surface area contributed by atoms with Crippen molar-refractivity contribution in [2.24, 2.45) is 0 Å². The zero-order chi connectivity index (χ0) is 9.14. The Morgan fingerprint density at radius 1 is 1.58 bits per heavy atom. The smallest absolute Gasteiger partial charge is 0.138 e. The van der Waals surface area contributed by atoms with Crippen LogP contribution in [0.5, 0.6) is 5.75 Å². The molecule has 0 aromatic heterocycles. The Labute approximate surface area is 72.3 Å². The van der Waals surface area contributed by atoms with E-state index < -0.39 is 11.1 Å². The number of phenolic OH excluding ortho intramolecular Hbond substituents is 1. The van der Waals surface area contributed by atoms with Crippen molar-refractivity contribution in [1.29, 1.82) is 0 Å². The lowest BCUT2D eigenvalue weighted by atomic mass is 10.2. The van der Waals surface area contributed by atoms with Gasteiger partial charge in [0.25, 0.3) is 0 Å². The van der Waals surface area contributed by atoms with E-state index >= 15 is 0 Å². The molecule has 0 saturated heterocycles. The third-order valence-electron chi connectivity index (χ3n) is 1.38. The Hall–Kier alpha value is -1.07. The molecule has 0 aliphatic heterocycles. The van der Waals surface area contributed by atoms with E-state index in [9.17, 15) is 8.76 Å². The van der Waals surface area contributed by atoms with Gasteiger partial charge in [0.1, 0.15) is 5.75 Å². The molecule has 1 aromatic rings. The van der Waals surface area contributed by atoms with Crippen molar-refractivity contribution in [3.05, 3.63) is 23.8 Å². The standard InChI is InChI=1S/C7H9NO3S/c8-6-3-5(4-12(10)11)1-2-7(6)9/h1-3,9H,4,8H2,(H,10,11)/p-1. The topological polar surface area (TPSA) is 86.4 Å². The summed E-state index contributed by atoms with van der Waals surface area (Å²) in [6, 6.07) is 4.32. The minimum absolute atomic E-state index is 0.0320. The second-order valence-corrected chi connectivity index (χ2v) is 3.24. The van der Waals surface area contributed by atoms with E-state index in [2.05, 4.69) is 0 Å². The fourth-order valence-corrected chi connectivity index (χ4v) is 1.28. The highest BCUT2D eigenvalue weighted by atomic mass is 32.2. The van der Waals surface area contributed by atoms with Crippen molar-refractivity contribution < 1.29 is 13.9 Å². The molecule has 1 unspecified atom stereocenters. The van der Waals surface area contributed by atoms with Crippen LogP contribution in [0.15, 0.2) is 18.2 Å². The Morgan fingerprint density at radius 2 is 2.25 bits per heavy atom. The molecule has 0 aliphatic rings. The van der Waals surface area contributed by atoms with Crippen LogP contribution in [-0.2, 0) is 16.8 Å². The zero-order valence-electron chi connectivity index (χ0n) is 6.19. The fraction of sp³-hybridized carbons (Fsp3) is 0.143. The molecule has 66 valence electrons. The summed E-state index contributed by atoms with van der Waals surface area (Å²) in [5.74, 6) is -0.111. The number of anilines is 1. The summed E-state index contributed by atoms with van der Waals surface area (Å²) in [6.45, 7) is 0. The molecule has 0 saturated carbocycles. The van der Waals surface area contributed by atoms with Crippen LogP contribution in [0, 0.1) is 0 Å². The largest absolute Gasteiger partial charge is 0.772 e. The normalized spacial score (nSPS) is 12.8. The van der Waals surface area contributed by atoms with Gasteiger partial charge in [0.2, 0.25) is 0 Å². The Kier molecular flexibility index (Phi) is 2.67. The average Bonchev–Trinajstić information content (AvgIpc) is 1.96. The zero-order valence-corrected chi connectivity index (χ0v) is 7.00. The molecule has 0 aliphatic carbocycles. The predicted octanol–water partition coefficient (Wildman–Crippen LogP) is 0.354. The van der Waals surface area contributed by atoms with Gasteiger partial charge in [0, 0.05) is 5.75 Å². The highest BCUT2D eigenvalue weighted by Gasteiger charge is 1.98. The van der Waals surface area contributed by atoms with Crippen LogP contribution in [-0.4, -0.2) is 13.9 Å². The molecule has 1 aromatic carbocycles. The second kappa shape index (κ2) is 3.55. The van der Waals surface area contributed by atoms with E-state index in [1.165, 1.54) is 18.2 Å². The van der Waals surface area contributed by atoms with Gasteiger partial charge in [-0.05, 0) is 17.7 Å². The summed E-state index contributed by atoms with van der Waals surface area (Å²) in [4.78, 5) is 0. The van der Waals surface area contributed by atoms with E-state index in [1.807, 2.05) is 0 Å². The maximum Gasteiger partial charge on any atom is 0.138 e. The quantitative estimate of drug-likeness (QED) is 0.396. The number of nitrogens with two attached hydrogens (primary N) is 1. The lowest BCUT2D eigenvalue weighted by Crippen LogP contribution is -1.94. The third-order valence-corrected chi connectivity index (χ3v) is 1.95. The van der Waals surface area contributed by atoms with Crippen LogP contribution in [0.4, 0.5) is 5.69 Å². The number of hydrogen-bond acceptors (Lipinski definition) is 4. The van der Waals surface area contributed by atoms with Gasteiger partial charge in [0.15, 0.2) is 0 Å². The molecule has 1 atom stereocenters. The summed E-state index contributed by atoms with van der Waals surface area (Å²) in [6.07, 6.45) is 0. The van der Waals surface area contributed by atoms with Crippen LogP contribution < -0.4 is 5.73 Å². The SMILES string of the molecule is Nc1cc(CS(=O)[O-])ccc1O. The van der Waals surface area contributed by atoms with Gasteiger partial charge in [-0.3, -0.25) is 4.21 Å². The van der Waals surface area contributed by atoms with E-state index in [0.717, 1.165) is 0 Å². The first-order valence-electron chi connectivity index (χ1n) is 3.23. The number of nitrogen functional groups attached to an aromatic ring is 1. The summed E-state index contributed by atoms with van der Waals surface area (Å²) in [7, 11) is 0. The fourth-order valence-electron chi connectivity index (χ4n) is 0.830. The Balaban J connectivity index is 2.89. The monoisotopic (exact) mass is 186 g/mol. The van der Waals surface area contributed by atoms with E-state index in [0.29, 0.717) is 5.56 Å². The average molecular weight is 186 g/mol.